The summed E-state index contributed by atoms with van der Waals surface area (Å²) in [6, 6.07) is 0. The van der Waals surface area contributed by atoms with E-state index in [2.05, 4.69) is 4.84 Å². The number of likely N-dealkylation sites (N-methyl/N-ethyl adjacent to an activating group) is 1. The fraction of sp³-hybridized carbons (Fsp3) is 0.857. The van der Waals surface area contributed by atoms with E-state index in [1.807, 2.05) is 21.1 Å². The molecule has 0 spiro atoms. The molecule has 6 nitrogen and oxygen atoms in total. The van der Waals surface area contributed by atoms with E-state index in [4.69, 9.17) is 5.21 Å². The molecule has 1 N–H and O–H groups in total. The summed E-state index contributed by atoms with van der Waals surface area (Å²) in [4.78, 5) is 24.6. The van der Waals surface area contributed by atoms with Crippen molar-refractivity contribution in [1.82, 2.24) is 0 Å². The van der Waals surface area contributed by atoms with Gasteiger partial charge in [-0.05, 0) is 0 Å². The molecule has 0 amide bonds. The Balaban J connectivity index is 0. The van der Waals surface area contributed by atoms with Gasteiger partial charge in [-0.3, -0.25) is 6.29 Å². The van der Waals surface area contributed by atoms with E-state index >= 15 is 0 Å². The third-order valence-electron chi connectivity index (χ3n) is 1.30. The summed E-state index contributed by atoms with van der Waals surface area (Å²) >= 11 is 0. The van der Waals surface area contributed by atoms with E-state index in [0.29, 0.717) is 11.0 Å². The predicted octanol–water partition coefficient (Wildman–Crippen LogP) is -0.342. The van der Waals surface area contributed by atoms with Crippen molar-refractivity contribution in [3.8, 4) is 0 Å². The Kier molecular flexibility index (Phi) is 8.48. The molecule has 0 rings (SSSR count). The molecule has 0 radical (unpaired) electrons. The Hall–Kier alpha value is -0.0661. The Morgan fingerprint density at radius 3 is 2.29 bits per heavy atom. The molecule has 1 unspecified atom stereocenters. The first-order valence-electron chi connectivity index (χ1n) is 3.83. The van der Waals surface area contributed by atoms with Crippen molar-refractivity contribution in [3.63, 3.8) is 0 Å². The van der Waals surface area contributed by atoms with Crippen LogP contribution in [0.3, 0.4) is 0 Å². The van der Waals surface area contributed by atoms with Gasteiger partial charge >= 0.3 is 37.8 Å². The van der Waals surface area contributed by atoms with Gasteiger partial charge in [-0.25, -0.2) is 5.21 Å². The first kappa shape index (κ1) is 16.4. The Morgan fingerprint density at radius 1 is 1.50 bits per heavy atom. The number of carbonyl (C=O) groups excluding carboxylic acids is 1. The molecule has 0 heterocycles. The summed E-state index contributed by atoms with van der Waals surface area (Å²) in [6.45, 7) is 0.439. The summed E-state index contributed by atoms with van der Waals surface area (Å²) in [5.74, 6) is 0. The van der Waals surface area contributed by atoms with Crippen LogP contribution in [0.2, 0.25) is 0 Å². The minimum absolute atomic E-state index is 0. The molecule has 0 aliphatic carbocycles. The number of rotatable bonds is 6. The molecular formula is C7H15N2O4Y+4. The fourth-order valence-electron chi connectivity index (χ4n) is 0.967. The Bertz CT molecular complexity index is 193. The summed E-state index contributed by atoms with van der Waals surface area (Å²) in [6.07, 6.45) is 0.962. The van der Waals surface area contributed by atoms with Crippen LogP contribution in [0.1, 0.15) is 6.42 Å². The molecule has 0 bridgehead atoms. The van der Waals surface area contributed by atoms with Crippen LogP contribution in [0.4, 0.5) is 0 Å². The third kappa shape index (κ3) is 10.0. The van der Waals surface area contributed by atoms with Crippen molar-refractivity contribution >= 4 is 6.29 Å². The monoisotopic (exact) mass is 280 g/mol. The van der Waals surface area contributed by atoms with Gasteiger partial charge in [-0.1, -0.05) is 0 Å². The van der Waals surface area contributed by atoms with Crippen molar-refractivity contribution < 1.29 is 57.1 Å². The van der Waals surface area contributed by atoms with Gasteiger partial charge < -0.3 is 9.28 Å². The van der Waals surface area contributed by atoms with Crippen LogP contribution in [0.5, 0.6) is 0 Å². The molecule has 0 aromatic carbocycles. The number of quaternary nitrogens is 1. The van der Waals surface area contributed by atoms with Gasteiger partial charge in [0.2, 0.25) is 6.10 Å². The van der Waals surface area contributed by atoms with E-state index in [1.165, 1.54) is 0 Å². The van der Waals surface area contributed by atoms with Crippen LogP contribution >= 0.6 is 0 Å². The minimum atomic E-state index is -0.639. The number of hydrogen-bond acceptors (Lipinski definition) is 3. The van der Waals surface area contributed by atoms with Crippen LogP contribution < -0.4 is 0 Å². The molecular weight excluding hydrogens is 265 g/mol. The molecule has 0 saturated heterocycles. The molecule has 0 aromatic rings. The topological polar surface area (TPSA) is 66.6 Å². The first-order chi connectivity index (χ1) is 5.85. The second kappa shape index (κ2) is 7.26. The van der Waals surface area contributed by atoms with Gasteiger partial charge in [0.05, 0.1) is 21.1 Å². The molecule has 0 aliphatic heterocycles. The molecule has 76 valence electrons. The van der Waals surface area contributed by atoms with Gasteiger partial charge in [0, 0.05) is 0 Å². The summed E-state index contributed by atoms with van der Waals surface area (Å²) in [5.41, 5.74) is 0. The van der Waals surface area contributed by atoms with Crippen molar-refractivity contribution in [1.29, 1.82) is 0 Å². The molecule has 0 saturated carbocycles. The standard InChI is InChI=1S/C7H15N2O4.Y/c1-9(2,3)6-7(4-5-10)13-8(11)12;/h7H,4,6H2,1-3H3,(H,11,12);/q+1;+3. The molecule has 14 heavy (non-hydrogen) atoms. The smallest absolute Gasteiger partial charge is 0.542 e. The van der Waals surface area contributed by atoms with Gasteiger partial charge in [0.25, 0.3) is 0 Å². The predicted molar refractivity (Wildman–Crippen MR) is 43.5 cm³/mol. The van der Waals surface area contributed by atoms with Crippen molar-refractivity contribution in [2.75, 3.05) is 27.7 Å². The average Bonchev–Trinajstić information content (AvgIpc) is 1.81. The summed E-state index contributed by atoms with van der Waals surface area (Å²) in [7, 11) is 5.65. The van der Waals surface area contributed by atoms with E-state index in [1.54, 1.807) is 6.29 Å². The van der Waals surface area contributed by atoms with Crippen LogP contribution in [-0.4, -0.2) is 54.9 Å². The summed E-state index contributed by atoms with van der Waals surface area (Å²) < 4.78 is 0.528. The van der Waals surface area contributed by atoms with E-state index in [0.717, 1.165) is 0 Å². The van der Waals surface area contributed by atoms with E-state index < -0.39 is 11.2 Å². The van der Waals surface area contributed by atoms with Gasteiger partial charge in [0.1, 0.15) is 11.5 Å². The molecule has 7 heteroatoms. The molecule has 0 aromatic heterocycles. The van der Waals surface area contributed by atoms with Gasteiger partial charge in [-0.2, -0.15) is 4.84 Å². The van der Waals surface area contributed by atoms with Gasteiger partial charge in [0.15, 0.2) is 0 Å². The maximum atomic E-state index is 10.1. The van der Waals surface area contributed by atoms with Gasteiger partial charge in [-0.15, -0.1) is 6.42 Å². The van der Waals surface area contributed by atoms with Crippen molar-refractivity contribution in [2.45, 2.75) is 12.5 Å². The zero-order chi connectivity index (χ0) is 10.5. The zero-order valence-corrected chi connectivity index (χ0v) is 11.5. The second-order valence-electron chi connectivity index (χ2n) is 3.79. The van der Waals surface area contributed by atoms with Crippen molar-refractivity contribution in [3.05, 3.63) is 4.91 Å². The van der Waals surface area contributed by atoms with Crippen LogP contribution in [0.25, 0.3) is 0 Å². The average molecular weight is 280 g/mol. The summed E-state index contributed by atoms with van der Waals surface area (Å²) in [5, 5.41) is 7.64. The molecule has 1 atom stereocenters. The Labute approximate surface area is 108 Å². The third-order valence-corrected chi connectivity index (χ3v) is 1.30. The minimum Gasteiger partial charge on any atom is -0.542 e. The van der Waals surface area contributed by atoms with Crippen LogP contribution in [0.15, 0.2) is 0 Å². The van der Waals surface area contributed by atoms with E-state index in [-0.39, 0.29) is 39.1 Å². The fourth-order valence-corrected chi connectivity index (χ4v) is 0.967. The first-order valence-corrected chi connectivity index (χ1v) is 3.83. The zero-order valence-electron chi connectivity index (χ0n) is 8.64. The van der Waals surface area contributed by atoms with E-state index in [9.17, 15) is 9.70 Å². The normalized spacial score (nSPS) is 12.5. The van der Waals surface area contributed by atoms with Crippen molar-refractivity contribution in [2.24, 2.45) is 0 Å². The molecule has 0 fully saturated rings. The maximum Gasteiger partial charge on any atom is 3.00 e. The maximum absolute atomic E-state index is 10.1. The Morgan fingerprint density at radius 2 is 2.00 bits per heavy atom. The number of hydrogen-bond donors (Lipinski definition) is 1. The second-order valence-corrected chi connectivity index (χ2v) is 3.79. The number of nitrogens with zero attached hydrogens (tertiary/aromatic N) is 2. The van der Waals surface area contributed by atoms with Crippen LogP contribution in [-0.2, 0) is 42.3 Å². The van der Waals surface area contributed by atoms with Crippen LogP contribution in [0, 0.1) is 4.91 Å². The SMILES string of the molecule is C[N+](C)(C)CC(C[C-]=O)O[N+](=O)O.[Y+3]. The quantitative estimate of drug-likeness (QED) is 0.410. The molecule has 0 aliphatic rings. The largest absolute Gasteiger partial charge is 3.00 e.